The fraction of sp³-hybridized carbons (Fsp3) is 0.476. The van der Waals surface area contributed by atoms with E-state index in [-0.39, 0.29) is 24.4 Å². The average Bonchev–Trinajstić information content (AvgIpc) is 3.12. The van der Waals surface area contributed by atoms with Crippen molar-refractivity contribution in [2.75, 3.05) is 13.1 Å². The molecule has 0 saturated carbocycles. The van der Waals surface area contributed by atoms with E-state index < -0.39 is 5.60 Å². The summed E-state index contributed by atoms with van der Waals surface area (Å²) in [5.74, 6) is -0.332. The molecule has 3 rings (SSSR count). The highest BCUT2D eigenvalue weighted by Crippen LogP contribution is 2.28. The largest absolute Gasteiger partial charge is 0.444 e. The highest BCUT2D eigenvalue weighted by molar-refractivity contribution is 5.68. The number of benzene rings is 1. The van der Waals surface area contributed by atoms with E-state index in [1.807, 2.05) is 31.6 Å². The Morgan fingerprint density at radius 2 is 2.07 bits per heavy atom. The number of carbonyl (C=O) groups is 1. The van der Waals surface area contributed by atoms with Crippen molar-refractivity contribution in [3.8, 4) is 17.2 Å². The number of nitriles is 1. The number of piperidine rings is 1. The summed E-state index contributed by atoms with van der Waals surface area (Å²) in [5, 5.41) is 13.3. The summed E-state index contributed by atoms with van der Waals surface area (Å²) in [6.45, 7) is 6.76. The minimum Gasteiger partial charge on any atom is -0.444 e. The number of hydrogen-bond acceptors (Lipinski definition) is 4. The second-order valence-electron chi connectivity index (χ2n) is 8.06. The van der Waals surface area contributed by atoms with Gasteiger partial charge in [0, 0.05) is 30.4 Å². The van der Waals surface area contributed by atoms with Gasteiger partial charge in [-0.2, -0.15) is 10.4 Å². The Hall–Kier alpha value is -2.88. The molecule has 2 aromatic rings. The molecule has 1 aliphatic heterocycles. The summed E-state index contributed by atoms with van der Waals surface area (Å²) in [6, 6.07) is 6.94. The number of aromatic nitrogens is 2. The molecule has 1 fully saturated rings. The fourth-order valence-corrected chi connectivity index (χ4v) is 3.31. The second-order valence-corrected chi connectivity index (χ2v) is 8.06. The highest BCUT2D eigenvalue weighted by Gasteiger charge is 2.28. The van der Waals surface area contributed by atoms with Gasteiger partial charge < -0.3 is 9.64 Å². The molecular formula is C21H25FN4O2. The molecule has 0 bridgehead atoms. The van der Waals surface area contributed by atoms with Crippen molar-refractivity contribution < 1.29 is 13.9 Å². The van der Waals surface area contributed by atoms with Crippen LogP contribution in [0.5, 0.6) is 0 Å². The van der Waals surface area contributed by atoms with E-state index in [0.29, 0.717) is 24.2 Å². The molecule has 148 valence electrons. The van der Waals surface area contributed by atoms with Gasteiger partial charge in [0.05, 0.1) is 24.7 Å². The fourth-order valence-electron chi connectivity index (χ4n) is 3.31. The van der Waals surface area contributed by atoms with E-state index in [1.54, 1.807) is 23.2 Å². The van der Waals surface area contributed by atoms with Gasteiger partial charge in [-0.1, -0.05) is 6.07 Å². The first-order valence-electron chi connectivity index (χ1n) is 9.44. The molecule has 1 aromatic carbocycles. The molecule has 6 nitrogen and oxygen atoms in total. The van der Waals surface area contributed by atoms with Gasteiger partial charge in [-0.05, 0) is 51.3 Å². The first-order chi connectivity index (χ1) is 13.3. The number of ether oxygens (including phenoxy) is 1. The van der Waals surface area contributed by atoms with Gasteiger partial charge in [0.2, 0.25) is 0 Å². The lowest BCUT2D eigenvalue weighted by atomic mass is 10.0. The molecule has 2 heterocycles. The van der Waals surface area contributed by atoms with Gasteiger partial charge in [0.25, 0.3) is 0 Å². The summed E-state index contributed by atoms with van der Waals surface area (Å²) < 4.78 is 21.5. The van der Waals surface area contributed by atoms with Crippen LogP contribution in [0.15, 0.2) is 30.6 Å². The van der Waals surface area contributed by atoms with Crippen LogP contribution in [-0.2, 0) is 11.2 Å². The molecular weight excluding hydrogens is 359 g/mol. The summed E-state index contributed by atoms with van der Waals surface area (Å²) in [5.41, 5.74) is 1.41. The second kappa shape index (κ2) is 8.01. The Labute approximate surface area is 164 Å². The number of amides is 1. The molecule has 0 aliphatic carbocycles. The Balaban J connectivity index is 1.67. The Bertz CT molecular complexity index is 887. The summed E-state index contributed by atoms with van der Waals surface area (Å²) in [6.07, 6.45) is 4.96. The van der Waals surface area contributed by atoms with Crippen molar-refractivity contribution in [2.24, 2.45) is 0 Å². The molecule has 0 radical (unpaired) electrons. The number of carbonyl (C=O) groups excluding carboxylic acids is 1. The van der Waals surface area contributed by atoms with Crippen molar-refractivity contribution in [1.29, 1.82) is 5.26 Å². The van der Waals surface area contributed by atoms with Crippen LogP contribution in [0.2, 0.25) is 0 Å². The number of nitrogens with zero attached hydrogens (tertiary/aromatic N) is 4. The van der Waals surface area contributed by atoms with Gasteiger partial charge in [0.1, 0.15) is 11.4 Å². The molecule has 1 saturated heterocycles. The zero-order valence-corrected chi connectivity index (χ0v) is 16.5. The Morgan fingerprint density at radius 1 is 1.36 bits per heavy atom. The van der Waals surface area contributed by atoms with E-state index in [4.69, 9.17) is 10.00 Å². The van der Waals surface area contributed by atoms with Crippen molar-refractivity contribution in [2.45, 2.75) is 51.7 Å². The highest BCUT2D eigenvalue weighted by atomic mass is 19.1. The van der Waals surface area contributed by atoms with Crippen LogP contribution in [0.25, 0.3) is 11.1 Å². The SMILES string of the molecule is CC(C)(C)OC(=O)N1CCC(n2cc(-c3cc(CC#N)ccc3F)cn2)CC1. The summed E-state index contributed by atoms with van der Waals surface area (Å²) in [7, 11) is 0. The quantitative estimate of drug-likeness (QED) is 0.790. The number of hydrogen-bond donors (Lipinski definition) is 0. The zero-order valence-electron chi connectivity index (χ0n) is 16.5. The Morgan fingerprint density at radius 3 is 2.71 bits per heavy atom. The normalized spacial score (nSPS) is 15.3. The molecule has 0 atom stereocenters. The van der Waals surface area contributed by atoms with Crippen LogP contribution in [0.3, 0.4) is 0 Å². The molecule has 0 unspecified atom stereocenters. The number of likely N-dealkylation sites (tertiary alicyclic amines) is 1. The van der Waals surface area contributed by atoms with Crippen molar-refractivity contribution in [3.05, 3.63) is 42.0 Å². The summed E-state index contributed by atoms with van der Waals surface area (Å²) >= 11 is 0. The molecule has 1 aliphatic rings. The third kappa shape index (κ3) is 4.69. The predicted octanol–water partition coefficient (Wildman–Crippen LogP) is 4.33. The van der Waals surface area contributed by atoms with Crippen molar-refractivity contribution in [3.63, 3.8) is 0 Å². The maximum Gasteiger partial charge on any atom is 0.410 e. The van der Waals surface area contributed by atoms with Gasteiger partial charge in [-0.15, -0.1) is 0 Å². The van der Waals surface area contributed by atoms with Crippen LogP contribution >= 0.6 is 0 Å². The van der Waals surface area contributed by atoms with Gasteiger partial charge >= 0.3 is 6.09 Å². The van der Waals surface area contributed by atoms with E-state index >= 15 is 0 Å². The smallest absolute Gasteiger partial charge is 0.410 e. The first kappa shape index (κ1) is 19.9. The molecule has 28 heavy (non-hydrogen) atoms. The average molecular weight is 384 g/mol. The van der Waals surface area contributed by atoms with Crippen molar-refractivity contribution >= 4 is 6.09 Å². The van der Waals surface area contributed by atoms with E-state index in [0.717, 1.165) is 18.4 Å². The third-order valence-electron chi connectivity index (χ3n) is 4.72. The molecule has 0 spiro atoms. The molecule has 0 N–H and O–H groups in total. The lowest BCUT2D eigenvalue weighted by molar-refractivity contribution is 0.0185. The van der Waals surface area contributed by atoms with E-state index in [1.165, 1.54) is 6.07 Å². The number of halogens is 1. The lowest BCUT2D eigenvalue weighted by Gasteiger charge is -2.33. The Kier molecular flexibility index (Phi) is 5.68. The predicted molar refractivity (Wildman–Crippen MR) is 103 cm³/mol. The van der Waals surface area contributed by atoms with Gasteiger partial charge in [0.15, 0.2) is 0 Å². The number of rotatable bonds is 3. The van der Waals surface area contributed by atoms with Crippen LogP contribution < -0.4 is 0 Å². The first-order valence-corrected chi connectivity index (χ1v) is 9.44. The van der Waals surface area contributed by atoms with Crippen LogP contribution in [0, 0.1) is 17.1 Å². The van der Waals surface area contributed by atoms with Gasteiger partial charge in [-0.25, -0.2) is 9.18 Å². The maximum absolute atomic E-state index is 14.2. The van der Waals surface area contributed by atoms with E-state index in [2.05, 4.69) is 11.2 Å². The minimum absolute atomic E-state index is 0.151. The van der Waals surface area contributed by atoms with E-state index in [9.17, 15) is 9.18 Å². The minimum atomic E-state index is -0.505. The molecule has 7 heteroatoms. The molecule has 1 aromatic heterocycles. The van der Waals surface area contributed by atoms with Crippen LogP contribution in [-0.4, -0.2) is 39.5 Å². The zero-order chi connectivity index (χ0) is 20.3. The lowest BCUT2D eigenvalue weighted by Crippen LogP contribution is -2.42. The monoisotopic (exact) mass is 384 g/mol. The third-order valence-corrected chi connectivity index (χ3v) is 4.72. The summed E-state index contributed by atoms with van der Waals surface area (Å²) in [4.78, 5) is 13.9. The maximum atomic E-state index is 14.2. The molecule has 1 amide bonds. The van der Waals surface area contributed by atoms with Crippen LogP contribution in [0.1, 0.15) is 45.2 Å². The topological polar surface area (TPSA) is 71.2 Å². The van der Waals surface area contributed by atoms with Crippen molar-refractivity contribution in [1.82, 2.24) is 14.7 Å². The van der Waals surface area contributed by atoms with Crippen LogP contribution in [0.4, 0.5) is 9.18 Å². The standard InChI is InChI=1S/C21H25FN4O2/c1-21(2,3)28-20(27)25-10-7-17(8-11-25)26-14-16(13-24-26)18-12-15(6-9-23)4-5-19(18)22/h4-5,12-14,17H,6-8,10-11H2,1-3H3. The van der Waals surface area contributed by atoms with Gasteiger partial charge in [-0.3, -0.25) is 4.68 Å².